The molecule has 2 fully saturated rings. The van der Waals surface area contributed by atoms with E-state index in [2.05, 4.69) is 0 Å². The minimum absolute atomic E-state index is 0.0239. The molecule has 0 aliphatic carbocycles. The molecule has 2 amide bonds. The predicted octanol–water partition coefficient (Wildman–Crippen LogP) is 0.759. The first-order chi connectivity index (χ1) is 10.5. The number of alkyl halides is 1. The minimum atomic E-state index is -1.16. The molecule has 2 saturated heterocycles. The summed E-state index contributed by atoms with van der Waals surface area (Å²) in [5.74, 6) is -1.16. The molecule has 0 bridgehead atoms. The van der Waals surface area contributed by atoms with E-state index in [1.54, 1.807) is 6.08 Å². The van der Waals surface area contributed by atoms with Crippen LogP contribution in [-0.2, 0) is 14.4 Å². The van der Waals surface area contributed by atoms with E-state index in [1.165, 1.54) is 21.6 Å². The van der Waals surface area contributed by atoms with Crippen molar-refractivity contribution in [2.45, 2.75) is 18.2 Å². The molecule has 0 aromatic carbocycles. The predicted molar refractivity (Wildman–Crippen MR) is 77.6 cm³/mol. The molecular formula is C14H15FN2O4S. The second kappa shape index (κ2) is 5.75. The van der Waals surface area contributed by atoms with Crippen LogP contribution in [0, 0.1) is 0 Å². The topological polar surface area (TPSA) is 77.9 Å². The second-order valence-electron chi connectivity index (χ2n) is 5.31. The Bertz CT molecular complexity index is 616. The third kappa shape index (κ3) is 2.41. The van der Waals surface area contributed by atoms with Crippen molar-refractivity contribution in [1.29, 1.82) is 0 Å². The standard InChI is InChI=1S/C14H15FN2O4S/c15-2-4-16-3-1-8(13(16)19)5-9-7-22-11-6-10(18)17(11)12(9)14(20)21/h5,11H,1-4,6-7H2,(H,20,21). The minimum Gasteiger partial charge on any atom is -0.477 e. The van der Waals surface area contributed by atoms with Crippen LogP contribution in [0.4, 0.5) is 4.39 Å². The molecule has 0 spiro atoms. The summed E-state index contributed by atoms with van der Waals surface area (Å²) in [6.07, 6.45) is 2.39. The number of carboxylic acid groups (broad SMARTS) is 1. The third-order valence-corrected chi connectivity index (χ3v) is 5.24. The first kappa shape index (κ1) is 15.1. The molecule has 118 valence electrons. The smallest absolute Gasteiger partial charge is 0.352 e. The van der Waals surface area contributed by atoms with Crippen LogP contribution in [0.1, 0.15) is 12.8 Å². The van der Waals surface area contributed by atoms with E-state index in [0.717, 1.165) is 0 Å². The van der Waals surface area contributed by atoms with Gasteiger partial charge in [-0.1, -0.05) is 0 Å². The molecule has 6 nitrogen and oxygen atoms in total. The molecule has 1 unspecified atom stereocenters. The number of amides is 2. The van der Waals surface area contributed by atoms with Crippen molar-refractivity contribution in [2.75, 3.05) is 25.5 Å². The SMILES string of the molecule is O=C(O)C1=C(C=C2CCN(CCF)C2=O)CSC2CC(=O)N12. The van der Waals surface area contributed by atoms with Gasteiger partial charge in [-0.2, -0.15) is 0 Å². The molecular weight excluding hydrogens is 311 g/mol. The fourth-order valence-electron chi connectivity index (χ4n) is 2.88. The molecule has 0 aromatic heterocycles. The average Bonchev–Trinajstić information content (AvgIpc) is 2.80. The Hall–Kier alpha value is -1.83. The summed E-state index contributed by atoms with van der Waals surface area (Å²) in [7, 11) is 0. The zero-order chi connectivity index (χ0) is 15.9. The van der Waals surface area contributed by atoms with Crippen molar-refractivity contribution in [1.82, 2.24) is 9.80 Å². The Morgan fingerprint density at radius 2 is 2.23 bits per heavy atom. The Morgan fingerprint density at radius 1 is 1.45 bits per heavy atom. The molecule has 3 rings (SSSR count). The van der Waals surface area contributed by atoms with E-state index < -0.39 is 12.6 Å². The maximum Gasteiger partial charge on any atom is 0.352 e. The van der Waals surface area contributed by atoms with Crippen molar-refractivity contribution in [3.05, 3.63) is 22.9 Å². The van der Waals surface area contributed by atoms with Crippen LogP contribution in [0.15, 0.2) is 22.9 Å². The third-order valence-electron chi connectivity index (χ3n) is 4.00. The number of nitrogens with zero attached hydrogens (tertiary/aromatic N) is 2. The molecule has 22 heavy (non-hydrogen) atoms. The van der Waals surface area contributed by atoms with Crippen molar-refractivity contribution < 1.29 is 23.9 Å². The van der Waals surface area contributed by atoms with Crippen molar-refractivity contribution >= 4 is 29.5 Å². The van der Waals surface area contributed by atoms with Gasteiger partial charge in [0.15, 0.2) is 0 Å². The van der Waals surface area contributed by atoms with Crippen molar-refractivity contribution in [3.8, 4) is 0 Å². The van der Waals surface area contributed by atoms with E-state index in [9.17, 15) is 23.9 Å². The molecule has 0 aromatic rings. The fraction of sp³-hybridized carbons (Fsp3) is 0.500. The first-order valence-corrected chi connectivity index (χ1v) is 8.03. The first-order valence-electron chi connectivity index (χ1n) is 6.99. The summed E-state index contributed by atoms with van der Waals surface area (Å²) >= 11 is 1.50. The van der Waals surface area contributed by atoms with E-state index >= 15 is 0 Å². The molecule has 3 aliphatic heterocycles. The number of rotatable bonds is 4. The monoisotopic (exact) mass is 326 g/mol. The van der Waals surface area contributed by atoms with Crippen LogP contribution >= 0.6 is 11.8 Å². The van der Waals surface area contributed by atoms with Gasteiger partial charge in [0, 0.05) is 24.4 Å². The Kier molecular flexibility index (Phi) is 3.94. The Labute approximate surface area is 130 Å². The number of likely N-dealkylation sites (tertiary alicyclic amines) is 1. The fourth-order valence-corrected chi connectivity index (χ4v) is 4.10. The van der Waals surface area contributed by atoms with Gasteiger partial charge in [-0.15, -0.1) is 11.8 Å². The van der Waals surface area contributed by atoms with Crippen molar-refractivity contribution in [2.24, 2.45) is 0 Å². The van der Waals surface area contributed by atoms with Gasteiger partial charge in [-0.05, 0) is 18.1 Å². The molecule has 3 aliphatic rings. The van der Waals surface area contributed by atoms with E-state index in [-0.39, 0.29) is 29.4 Å². The molecule has 0 saturated carbocycles. The van der Waals surface area contributed by atoms with Crippen LogP contribution in [0.2, 0.25) is 0 Å². The highest BCUT2D eigenvalue weighted by Gasteiger charge is 2.45. The summed E-state index contributed by atoms with van der Waals surface area (Å²) in [6, 6.07) is 0. The number of thioether (sulfide) groups is 1. The summed E-state index contributed by atoms with van der Waals surface area (Å²) in [6.45, 7) is -0.0902. The summed E-state index contributed by atoms with van der Waals surface area (Å²) in [5.41, 5.74) is 0.936. The van der Waals surface area contributed by atoms with E-state index in [1.807, 2.05) is 0 Å². The van der Waals surface area contributed by atoms with Gasteiger partial charge in [-0.3, -0.25) is 14.5 Å². The summed E-state index contributed by atoms with van der Waals surface area (Å²) in [5, 5.41) is 9.28. The lowest BCUT2D eigenvalue weighted by molar-refractivity contribution is -0.146. The number of hydrogen-bond donors (Lipinski definition) is 1. The molecule has 1 atom stereocenters. The number of β-lactam (4-membered cyclic amide) rings is 1. The number of halogens is 1. The van der Waals surface area contributed by atoms with Crippen LogP contribution in [0.5, 0.6) is 0 Å². The van der Waals surface area contributed by atoms with Gasteiger partial charge in [0.2, 0.25) is 11.8 Å². The van der Waals surface area contributed by atoms with Crippen LogP contribution in [-0.4, -0.2) is 63.6 Å². The summed E-state index contributed by atoms with van der Waals surface area (Å²) < 4.78 is 12.4. The lowest BCUT2D eigenvalue weighted by atomic mass is 10.0. The number of aliphatic carboxylic acids is 1. The maximum atomic E-state index is 12.4. The van der Waals surface area contributed by atoms with Gasteiger partial charge in [-0.25, -0.2) is 9.18 Å². The average molecular weight is 326 g/mol. The van der Waals surface area contributed by atoms with Gasteiger partial charge >= 0.3 is 5.97 Å². The summed E-state index contributed by atoms with van der Waals surface area (Å²) in [4.78, 5) is 37.9. The number of allylic oxidation sites excluding steroid dienone is 1. The van der Waals surface area contributed by atoms with E-state index in [4.69, 9.17) is 0 Å². The largest absolute Gasteiger partial charge is 0.477 e. The zero-order valence-corrected chi connectivity index (χ0v) is 12.6. The lowest BCUT2D eigenvalue weighted by Crippen LogP contribution is -2.53. The zero-order valence-electron chi connectivity index (χ0n) is 11.7. The molecule has 1 N–H and O–H groups in total. The lowest BCUT2D eigenvalue weighted by Gasteiger charge is -2.43. The number of hydrogen-bond acceptors (Lipinski definition) is 4. The number of carbonyl (C=O) groups excluding carboxylic acids is 2. The van der Waals surface area contributed by atoms with Gasteiger partial charge in [0.1, 0.15) is 12.4 Å². The number of carbonyl (C=O) groups is 3. The highest BCUT2D eigenvalue weighted by Crippen LogP contribution is 2.40. The van der Waals surface area contributed by atoms with Gasteiger partial charge in [0.05, 0.1) is 11.8 Å². The number of carboxylic acids is 1. The molecule has 0 radical (unpaired) electrons. The van der Waals surface area contributed by atoms with Gasteiger partial charge < -0.3 is 10.0 Å². The highest BCUT2D eigenvalue weighted by molar-refractivity contribution is 8.00. The van der Waals surface area contributed by atoms with Crippen LogP contribution in [0.3, 0.4) is 0 Å². The van der Waals surface area contributed by atoms with Gasteiger partial charge in [0.25, 0.3) is 0 Å². The van der Waals surface area contributed by atoms with Crippen LogP contribution < -0.4 is 0 Å². The maximum absolute atomic E-state index is 12.4. The highest BCUT2D eigenvalue weighted by atomic mass is 32.2. The second-order valence-corrected chi connectivity index (χ2v) is 6.48. The number of fused-ring (bicyclic) bond motifs is 1. The van der Waals surface area contributed by atoms with E-state index in [0.29, 0.717) is 36.3 Å². The van der Waals surface area contributed by atoms with Crippen molar-refractivity contribution in [3.63, 3.8) is 0 Å². The van der Waals surface area contributed by atoms with Crippen LogP contribution in [0.25, 0.3) is 0 Å². The normalized spacial score (nSPS) is 26.6. The Morgan fingerprint density at radius 3 is 2.86 bits per heavy atom. The Balaban J connectivity index is 1.91. The quantitative estimate of drug-likeness (QED) is 0.609. The molecule has 3 heterocycles. The molecule has 8 heteroatoms.